The highest BCUT2D eigenvalue weighted by molar-refractivity contribution is 6.00. The van der Waals surface area contributed by atoms with Crippen LogP contribution in [0.5, 0.6) is 0 Å². The fraction of sp³-hybridized carbons (Fsp3) is 0.269. The van der Waals surface area contributed by atoms with E-state index >= 15 is 0 Å². The number of hydrogen-bond donors (Lipinski definition) is 2. The molecule has 2 amide bonds. The lowest BCUT2D eigenvalue weighted by Crippen LogP contribution is -2.31. The van der Waals surface area contributed by atoms with Crippen molar-refractivity contribution in [2.45, 2.75) is 19.4 Å². The average molecular weight is 415 g/mol. The van der Waals surface area contributed by atoms with Crippen molar-refractivity contribution in [3.05, 3.63) is 78.4 Å². The van der Waals surface area contributed by atoms with Gasteiger partial charge in [0.15, 0.2) is 0 Å². The summed E-state index contributed by atoms with van der Waals surface area (Å²) in [6.07, 6.45) is 1.18. The van der Waals surface area contributed by atoms with Gasteiger partial charge in [0, 0.05) is 36.2 Å². The highest BCUT2D eigenvalue weighted by atomic mass is 16.2. The number of likely N-dealkylation sites (N-methyl/N-ethyl adjacent to an activating group) is 1. The predicted octanol–water partition coefficient (Wildman–Crippen LogP) is 5.45. The van der Waals surface area contributed by atoms with Gasteiger partial charge >= 0.3 is 6.03 Å². The molecule has 0 aliphatic carbocycles. The second kappa shape index (κ2) is 9.23. The van der Waals surface area contributed by atoms with Crippen molar-refractivity contribution >= 4 is 23.1 Å². The van der Waals surface area contributed by atoms with E-state index in [-0.39, 0.29) is 6.03 Å². The van der Waals surface area contributed by atoms with Gasteiger partial charge in [0.25, 0.3) is 0 Å². The van der Waals surface area contributed by atoms with Crippen LogP contribution in [-0.2, 0) is 0 Å². The number of benzene rings is 3. The number of rotatable bonds is 5. The molecule has 0 spiro atoms. The second-order valence-electron chi connectivity index (χ2n) is 8.42. The Kier molecular flexibility index (Phi) is 6.23. The number of anilines is 3. The molecular formula is C26H30N4O. The fourth-order valence-corrected chi connectivity index (χ4v) is 4.02. The van der Waals surface area contributed by atoms with Gasteiger partial charge in [0.05, 0.1) is 0 Å². The lowest BCUT2D eigenvalue weighted by atomic mass is 10.0. The standard InChI is InChI=1S/C26H30N4O/c1-19-5-4-6-21(17-19)20-7-9-22(10-8-20)27-26(31)28-23-11-13-24(14-12-23)30-16-15-25(18-30)29(2)3/h4-14,17,25H,15-16,18H2,1-3H3,(H2,27,28,31). The van der Waals surface area contributed by atoms with Crippen LogP contribution in [0.1, 0.15) is 12.0 Å². The van der Waals surface area contributed by atoms with E-state index in [9.17, 15) is 4.79 Å². The zero-order valence-electron chi connectivity index (χ0n) is 18.4. The second-order valence-corrected chi connectivity index (χ2v) is 8.42. The third-order valence-corrected chi connectivity index (χ3v) is 5.88. The van der Waals surface area contributed by atoms with E-state index in [2.05, 4.69) is 77.9 Å². The van der Waals surface area contributed by atoms with E-state index in [0.717, 1.165) is 30.0 Å². The number of aryl methyl sites for hydroxylation is 1. The molecule has 4 rings (SSSR count). The Morgan fingerprint density at radius 3 is 2.13 bits per heavy atom. The Labute approximate surface area is 184 Å². The van der Waals surface area contributed by atoms with Crippen LogP contribution >= 0.6 is 0 Å². The number of carbonyl (C=O) groups excluding carboxylic acids is 1. The smallest absolute Gasteiger partial charge is 0.323 e. The SMILES string of the molecule is Cc1cccc(-c2ccc(NC(=O)Nc3ccc(N4CCC(N(C)C)C4)cc3)cc2)c1. The molecule has 3 aromatic rings. The number of nitrogens with one attached hydrogen (secondary N) is 2. The normalized spacial score (nSPS) is 15.9. The summed E-state index contributed by atoms with van der Waals surface area (Å²) in [7, 11) is 4.27. The Morgan fingerprint density at radius 1 is 0.903 bits per heavy atom. The maximum absolute atomic E-state index is 12.4. The Bertz CT molecular complexity index is 1030. The summed E-state index contributed by atoms with van der Waals surface area (Å²) in [5.74, 6) is 0. The monoisotopic (exact) mass is 414 g/mol. The van der Waals surface area contributed by atoms with Gasteiger partial charge in [-0.15, -0.1) is 0 Å². The molecule has 0 bridgehead atoms. The zero-order valence-corrected chi connectivity index (χ0v) is 18.4. The van der Waals surface area contributed by atoms with Crippen LogP contribution in [0.2, 0.25) is 0 Å². The first kappa shape index (κ1) is 20.9. The highest BCUT2D eigenvalue weighted by Gasteiger charge is 2.23. The molecule has 1 aliphatic rings. The molecule has 160 valence electrons. The van der Waals surface area contributed by atoms with E-state index in [1.54, 1.807) is 0 Å². The van der Waals surface area contributed by atoms with Gasteiger partial charge < -0.3 is 20.4 Å². The molecule has 5 nitrogen and oxygen atoms in total. The summed E-state index contributed by atoms with van der Waals surface area (Å²) in [6.45, 7) is 4.19. The molecular weight excluding hydrogens is 384 g/mol. The van der Waals surface area contributed by atoms with Gasteiger partial charge in [-0.3, -0.25) is 0 Å². The third kappa shape index (κ3) is 5.25. The van der Waals surface area contributed by atoms with Crippen LogP contribution in [0.4, 0.5) is 21.9 Å². The molecule has 1 heterocycles. The topological polar surface area (TPSA) is 47.6 Å². The molecule has 5 heteroatoms. The number of nitrogens with zero attached hydrogens (tertiary/aromatic N) is 2. The molecule has 0 saturated carbocycles. The van der Waals surface area contributed by atoms with Crippen molar-refractivity contribution in [2.75, 3.05) is 42.7 Å². The summed E-state index contributed by atoms with van der Waals surface area (Å²) < 4.78 is 0. The minimum Gasteiger partial charge on any atom is -0.370 e. The third-order valence-electron chi connectivity index (χ3n) is 5.88. The predicted molar refractivity (Wildman–Crippen MR) is 130 cm³/mol. The Balaban J connectivity index is 1.32. The van der Waals surface area contributed by atoms with Crippen LogP contribution in [-0.4, -0.2) is 44.2 Å². The molecule has 2 N–H and O–H groups in total. The van der Waals surface area contributed by atoms with Gasteiger partial charge in [-0.2, -0.15) is 0 Å². The fourth-order valence-electron chi connectivity index (χ4n) is 4.02. The largest absolute Gasteiger partial charge is 0.370 e. The van der Waals surface area contributed by atoms with Crippen molar-refractivity contribution in [2.24, 2.45) is 0 Å². The molecule has 1 saturated heterocycles. The van der Waals surface area contributed by atoms with Crippen molar-refractivity contribution < 1.29 is 4.79 Å². The first-order chi connectivity index (χ1) is 15.0. The number of hydrogen-bond acceptors (Lipinski definition) is 3. The van der Waals surface area contributed by atoms with E-state index in [4.69, 9.17) is 0 Å². The molecule has 0 radical (unpaired) electrons. The minimum atomic E-state index is -0.245. The summed E-state index contributed by atoms with van der Waals surface area (Å²) >= 11 is 0. The highest BCUT2D eigenvalue weighted by Crippen LogP contribution is 2.25. The van der Waals surface area contributed by atoms with Crippen LogP contribution in [0.15, 0.2) is 72.8 Å². The lowest BCUT2D eigenvalue weighted by Gasteiger charge is -2.22. The van der Waals surface area contributed by atoms with Gasteiger partial charge in [-0.1, -0.05) is 42.0 Å². The maximum Gasteiger partial charge on any atom is 0.323 e. The molecule has 3 aromatic carbocycles. The van der Waals surface area contributed by atoms with Crippen LogP contribution in [0.25, 0.3) is 11.1 Å². The van der Waals surface area contributed by atoms with Crippen LogP contribution in [0, 0.1) is 6.92 Å². The first-order valence-electron chi connectivity index (χ1n) is 10.7. The average Bonchev–Trinajstić information content (AvgIpc) is 3.25. The van der Waals surface area contributed by atoms with Gasteiger partial charge in [-0.05, 0) is 75.0 Å². The van der Waals surface area contributed by atoms with Crippen molar-refractivity contribution in [1.82, 2.24) is 4.90 Å². The molecule has 1 fully saturated rings. The lowest BCUT2D eigenvalue weighted by molar-refractivity contribution is 0.262. The van der Waals surface area contributed by atoms with Gasteiger partial charge in [-0.25, -0.2) is 4.79 Å². The maximum atomic E-state index is 12.4. The summed E-state index contributed by atoms with van der Waals surface area (Å²) in [5.41, 5.74) is 6.27. The van der Waals surface area contributed by atoms with E-state index in [1.807, 2.05) is 36.4 Å². The van der Waals surface area contributed by atoms with Crippen LogP contribution in [0.3, 0.4) is 0 Å². The van der Waals surface area contributed by atoms with Gasteiger partial charge in [0.1, 0.15) is 0 Å². The van der Waals surface area contributed by atoms with Crippen molar-refractivity contribution in [3.63, 3.8) is 0 Å². The zero-order chi connectivity index (χ0) is 21.8. The minimum absolute atomic E-state index is 0.245. The van der Waals surface area contributed by atoms with Crippen LogP contribution < -0.4 is 15.5 Å². The molecule has 31 heavy (non-hydrogen) atoms. The number of urea groups is 1. The summed E-state index contributed by atoms with van der Waals surface area (Å²) in [6, 6.07) is 24.7. The Hall–Kier alpha value is -3.31. The summed E-state index contributed by atoms with van der Waals surface area (Å²) in [5, 5.41) is 5.81. The molecule has 0 aromatic heterocycles. The van der Waals surface area contributed by atoms with E-state index in [1.165, 1.54) is 23.2 Å². The quantitative estimate of drug-likeness (QED) is 0.584. The number of carbonyl (C=O) groups is 1. The first-order valence-corrected chi connectivity index (χ1v) is 10.7. The molecule has 1 aliphatic heterocycles. The Morgan fingerprint density at radius 2 is 1.55 bits per heavy atom. The molecule has 1 unspecified atom stereocenters. The van der Waals surface area contributed by atoms with Gasteiger partial charge in [0.2, 0.25) is 0 Å². The molecule has 1 atom stereocenters. The van der Waals surface area contributed by atoms with Crippen molar-refractivity contribution in [3.8, 4) is 11.1 Å². The van der Waals surface area contributed by atoms with Crippen molar-refractivity contribution in [1.29, 1.82) is 0 Å². The number of amides is 2. The summed E-state index contributed by atoms with van der Waals surface area (Å²) in [4.78, 5) is 17.1. The van der Waals surface area contributed by atoms with E-state index < -0.39 is 0 Å². The van der Waals surface area contributed by atoms with E-state index in [0.29, 0.717) is 6.04 Å².